The van der Waals surface area contributed by atoms with Crippen molar-refractivity contribution in [3.05, 3.63) is 33.4 Å². The maximum absolute atomic E-state index is 13.1. The minimum atomic E-state index is -0.465. The Labute approximate surface area is 176 Å². The molecule has 0 spiro atoms. The van der Waals surface area contributed by atoms with Crippen molar-refractivity contribution in [1.29, 1.82) is 0 Å². The minimum Gasteiger partial charge on any atom is -0.336 e. The highest BCUT2D eigenvalue weighted by Gasteiger charge is 2.34. The molecule has 4 rings (SSSR count). The number of carbonyl (C=O) groups excluding carboxylic acids is 2. The standard InChI is InChI=1S/C22H31N5O3/c1-13(2)19(28)26-9-6-7-17(26)15-11-18-23-16-12-25(21(30)22(3,4)5)10-8-14(16)20(29)27(18)24-15/h11,13,17,24H,6-10,12H2,1-5H3/t17-/m1/s1. The van der Waals surface area contributed by atoms with E-state index in [-0.39, 0.29) is 29.3 Å². The molecule has 0 aliphatic carbocycles. The molecule has 2 amide bonds. The minimum absolute atomic E-state index is 0.0583. The van der Waals surface area contributed by atoms with Crippen molar-refractivity contribution < 1.29 is 9.59 Å². The van der Waals surface area contributed by atoms with Crippen molar-refractivity contribution in [1.82, 2.24) is 24.4 Å². The molecular formula is C22H31N5O3. The zero-order valence-electron chi connectivity index (χ0n) is 18.5. The van der Waals surface area contributed by atoms with Crippen LogP contribution in [0.4, 0.5) is 0 Å². The van der Waals surface area contributed by atoms with Gasteiger partial charge in [-0.2, -0.15) is 0 Å². The van der Waals surface area contributed by atoms with Crippen molar-refractivity contribution in [3.8, 4) is 0 Å². The van der Waals surface area contributed by atoms with Crippen molar-refractivity contribution in [2.24, 2.45) is 11.3 Å². The number of aromatic amines is 1. The lowest BCUT2D eigenvalue weighted by Crippen LogP contribution is -2.44. The molecule has 2 aromatic heterocycles. The fourth-order valence-electron chi connectivity index (χ4n) is 4.52. The largest absolute Gasteiger partial charge is 0.336 e. The van der Waals surface area contributed by atoms with Crippen LogP contribution in [0.3, 0.4) is 0 Å². The third-order valence-corrected chi connectivity index (χ3v) is 6.10. The van der Waals surface area contributed by atoms with Gasteiger partial charge in [-0.1, -0.05) is 34.6 Å². The molecule has 0 radical (unpaired) electrons. The highest BCUT2D eigenvalue weighted by Crippen LogP contribution is 2.32. The summed E-state index contributed by atoms with van der Waals surface area (Å²) in [5, 5.41) is 3.21. The predicted molar refractivity (Wildman–Crippen MR) is 113 cm³/mol. The smallest absolute Gasteiger partial charge is 0.276 e. The SMILES string of the molecule is CC(C)C(=O)N1CCC[C@@H]1c1cc2nc3c(c(=O)n2[nH]1)CCN(C(=O)C(C)(C)C)C3. The van der Waals surface area contributed by atoms with E-state index < -0.39 is 5.41 Å². The molecule has 1 fully saturated rings. The predicted octanol–water partition coefficient (Wildman–Crippen LogP) is 2.27. The number of hydrogen-bond acceptors (Lipinski definition) is 4. The zero-order valence-corrected chi connectivity index (χ0v) is 18.5. The van der Waals surface area contributed by atoms with Gasteiger partial charge in [0.25, 0.3) is 5.56 Å². The summed E-state index contributed by atoms with van der Waals surface area (Å²) in [6.07, 6.45) is 2.32. The average molecular weight is 414 g/mol. The van der Waals surface area contributed by atoms with E-state index in [1.54, 1.807) is 4.90 Å². The summed E-state index contributed by atoms with van der Waals surface area (Å²) >= 11 is 0. The Morgan fingerprint density at radius 3 is 2.63 bits per heavy atom. The molecule has 8 heteroatoms. The normalized spacial score (nSPS) is 19.6. The van der Waals surface area contributed by atoms with Crippen LogP contribution < -0.4 is 5.56 Å². The van der Waals surface area contributed by atoms with Gasteiger partial charge in [0.2, 0.25) is 11.8 Å². The molecule has 8 nitrogen and oxygen atoms in total. The first kappa shape index (κ1) is 20.6. The number of nitrogens with one attached hydrogen (secondary N) is 1. The van der Waals surface area contributed by atoms with Gasteiger partial charge in [-0.25, -0.2) is 9.50 Å². The highest BCUT2D eigenvalue weighted by atomic mass is 16.2. The monoisotopic (exact) mass is 413 g/mol. The van der Waals surface area contributed by atoms with Crippen LogP contribution in [0.1, 0.15) is 70.5 Å². The molecule has 4 heterocycles. The van der Waals surface area contributed by atoms with Crippen LogP contribution in [0, 0.1) is 11.3 Å². The van der Waals surface area contributed by atoms with Gasteiger partial charge in [0, 0.05) is 36.1 Å². The van der Waals surface area contributed by atoms with E-state index in [0.29, 0.717) is 36.4 Å². The van der Waals surface area contributed by atoms with Crippen molar-refractivity contribution in [2.75, 3.05) is 13.1 Å². The van der Waals surface area contributed by atoms with Gasteiger partial charge in [-0.15, -0.1) is 0 Å². The Kier molecular flexibility index (Phi) is 4.98. The van der Waals surface area contributed by atoms with Crippen molar-refractivity contribution in [3.63, 3.8) is 0 Å². The number of nitrogens with zero attached hydrogens (tertiary/aromatic N) is 4. The molecule has 162 valence electrons. The number of carbonyl (C=O) groups is 2. The maximum Gasteiger partial charge on any atom is 0.276 e. The van der Waals surface area contributed by atoms with Gasteiger partial charge >= 0.3 is 0 Å². The number of fused-ring (bicyclic) bond motifs is 2. The van der Waals surface area contributed by atoms with Crippen LogP contribution in [-0.4, -0.2) is 49.3 Å². The fourth-order valence-corrected chi connectivity index (χ4v) is 4.52. The molecule has 1 N–H and O–H groups in total. The molecule has 0 bridgehead atoms. The third kappa shape index (κ3) is 3.42. The van der Waals surface area contributed by atoms with Crippen LogP contribution in [0.15, 0.2) is 10.9 Å². The lowest BCUT2D eigenvalue weighted by atomic mass is 9.93. The van der Waals surface area contributed by atoms with E-state index in [9.17, 15) is 14.4 Å². The second-order valence-corrected chi connectivity index (χ2v) is 9.82. The highest BCUT2D eigenvalue weighted by molar-refractivity contribution is 5.81. The second-order valence-electron chi connectivity index (χ2n) is 9.82. The summed E-state index contributed by atoms with van der Waals surface area (Å²) in [7, 11) is 0. The van der Waals surface area contributed by atoms with Crippen LogP contribution in [0.2, 0.25) is 0 Å². The number of aromatic nitrogens is 3. The van der Waals surface area contributed by atoms with Crippen LogP contribution in [0.5, 0.6) is 0 Å². The first-order chi connectivity index (χ1) is 14.1. The molecule has 0 unspecified atom stereocenters. The van der Waals surface area contributed by atoms with Crippen molar-refractivity contribution >= 4 is 17.5 Å². The number of hydrogen-bond donors (Lipinski definition) is 1. The van der Waals surface area contributed by atoms with Crippen LogP contribution >= 0.6 is 0 Å². The topological polar surface area (TPSA) is 90.8 Å². The van der Waals surface area contributed by atoms with Gasteiger partial charge in [0.05, 0.1) is 24.0 Å². The molecule has 2 aliphatic heterocycles. The van der Waals surface area contributed by atoms with Crippen LogP contribution in [-0.2, 0) is 22.6 Å². The lowest BCUT2D eigenvalue weighted by Gasteiger charge is -2.32. The maximum atomic E-state index is 13.1. The fraction of sp³-hybridized carbons (Fsp3) is 0.636. The van der Waals surface area contributed by atoms with E-state index in [2.05, 4.69) is 5.10 Å². The Balaban J connectivity index is 1.69. The molecule has 1 saturated heterocycles. The third-order valence-electron chi connectivity index (χ3n) is 6.10. The summed E-state index contributed by atoms with van der Waals surface area (Å²) in [5.74, 6) is 0.139. The van der Waals surface area contributed by atoms with E-state index >= 15 is 0 Å². The molecule has 2 aromatic rings. The number of amides is 2. The molecule has 1 atom stereocenters. The van der Waals surface area contributed by atoms with Gasteiger partial charge in [0.15, 0.2) is 5.65 Å². The quantitative estimate of drug-likeness (QED) is 0.818. The van der Waals surface area contributed by atoms with E-state index in [1.807, 2.05) is 45.6 Å². The number of H-pyrrole nitrogens is 1. The van der Waals surface area contributed by atoms with Crippen LogP contribution in [0.25, 0.3) is 5.65 Å². The summed E-state index contributed by atoms with van der Waals surface area (Å²) in [5.41, 5.74) is 2.16. The first-order valence-corrected chi connectivity index (χ1v) is 10.8. The summed E-state index contributed by atoms with van der Waals surface area (Å²) < 4.78 is 1.49. The van der Waals surface area contributed by atoms with Gasteiger partial charge < -0.3 is 9.80 Å². The van der Waals surface area contributed by atoms with Gasteiger partial charge in [-0.05, 0) is 19.3 Å². The zero-order chi connectivity index (χ0) is 21.8. The van der Waals surface area contributed by atoms with Crippen molar-refractivity contribution in [2.45, 2.75) is 66.5 Å². The first-order valence-electron chi connectivity index (χ1n) is 10.8. The molecular weight excluding hydrogens is 382 g/mol. The summed E-state index contributed by atoms with van der Waals surface area (Å²) in [6, 6.07) is 1.82. The Hall–Kier alpha value is -2.64. The number of rotatable bonds is 2. The average Bonchev–Trinajstić information content (AvgIpc) is 3.32. The Morgan fingerprint density at radius 2 is 1.97 bits per heavy atom. The molecule has 2 aliphatic rings. The summed E-state index contributed by atoms with van der Waals surface area (Å²) in [6.45, 7) is 11.2. The van der Waals surface area contributed by atoms with Gasteiger partial charge in [0.1, 0.15) is 0 Å². The van der Waals surface area contributed by atoms with E-state index in [0.717, 1.165) is 25.1 Å². The molecule has 0 saturated carbocycles. The van der Waals surface area contributed by atoms with Gasteiger partial charge in [-0.3, -0.25) is 19.5 Å². The Bertz CT molecular complexity index is 1060. The molecule has 30 heavy (non-hydrogen) atoms. The van der Waals surface area contributed by atoms with E-state index in [4.69, 9.17) is 4.98 Å². The van der Waals surface area contributed by atoms with E-state index in [1.165, 1.54) is 4.52 Å². The Morgan fingerprint density at radius 1 is 1.23 bits per heavy atom. The number of likely N-dealkylation sites (tertiary alicyclic amines) is 1. The summed E-state index contributed by atoms with van der Waals surface area (Å²) in [4.78, 5) is 46.8. The second kappa shape index (κ2) is 7.25. The lowest BCUT2D eigenvalue weighted by molar-refractivity contribution is -0.140. The molecule has 0 aromatic carbocycles.